The summed E-state index contributed by atoms with van der Waals surface area (Å²) in [5, 5.41) is 20.0. The van der Waals surface area contributed by atoms with Crippen LogP contribution in [0, 0.1) is 0 Å². The zero-order valence-corrected chi connectivity index (χ0v) is 13.8. The van der Waals surface area contributed by atoms with Crippen molar-refractivity contribution in [2.75, 3.05) is 12.3 Å². The van der Waals surface area contributed by atoms with Gasteiger partial charge in [-0.2, -0.15) is 0 Å². The van der Waals surface area contributed by atoms with Crippen LogP contribution in [0.25, 0.3) is 11.2 Å². The highest BCUT2D eigenvalue weighted by atomic mass is 16.6. The van der Waals surface area contributed by atoms with Crippen molar-refractivity contribution in [1.29, 1.82) is 0 Å². The minimum Gasteiger partial charge on any atom is -0.394 e. The second kappa shape index (κ2) is 6.96. The standard InChI is InChI=1S/C17H19N5O4/c18-15-12-16(20-8-19-15)22(9-21-12)17-14(13(24)11(6-23)26-17)25-7-10-4-2-1-3-5-10/h1-5,8-9,11,13-14,17,23-24H,6-7H2,(H2,18,19,20). The van der Waals surface area contributed by atoms with Gasteiger partial charge in [0.15, 0.2) is 17.7 Å². The highest BCUT2D eigenvalue weighted by Crippen LogP contribution is 2.34. The maximum absolute atomic E-state index is 10.5. The quantitative estimate of drug-likeness (QED) is 0.592. The summed E-state index contributed by atoms with van der Waals surface area (Å²) in [5.41, 5.74) is 7.71. The molecule has 3 aromatic rings. The van der Waals surface area contributed by atoms with Crippen molar-refractivity contribution < 1.29 is 19.7 Å². The minimum atomic E-state index is -0.995. The molecule has 1 aliphatic rings. The van der Waals surface area contributed by atoms with Crippen molar-refractivity contribution in [1.82, 2.24) is 19.5 Å². The van der Waals surface area contributed by atoms with Crippen LogP contribution in [0.1, 0.15) is 11.8 Å². The van der Waals surface area contributed by atoms with Gasteiger partial charge >= 0.3 is 0 Å². The summed E-state index contributed by atoms with van der Waals surface area (Å²) in [4.78, 5) is 12.3. The van der Waals surface area contributed by atoms with Gasteiger partial charge in [-0.25, -0.2) is 15.0 Å². The number of nitrogens with two attached hydrogens (primary N) is 1. The van der Waals surface area contributed by atoms with Crippen molar-refractivity contribution in [2.24, 2.45) is 0 Å². The van der Waals surface area contributed by atoms with Gasteiger partial charge in [-0.05, 0) is 5.56 Å². The first-order valence-corrected chi connectivity index (χ1v) is 8.22. The number of fused-ring (bicyclic) bond motifs is 1. The molecule has 1 aromatic carbocycles. The van der Waals surface area contributed by atoms with E-state index in [2.05, 4.69) is 15.0 Å². The molecule has 136 valence electrons. The van der Waals surface area contributed by atoms with Crippen molar-refractivity contribution in [3.63, 3.8) is 0 Å². The smallest absolute Gasteiger partial charge is 0.167 e. The van der Waals surface area contributed by atoms with Gasteiger partial charge in [0.1, 0.15) is 30.2 Å². The molecule has 0 aliphatic carbocycles. The van der Waals surface area contributed by atoms with Gasteiger partial charge in [0.2, 0.25) is 0 Å². The summed E-state index contributed by atoms with van der Waals surface area (Å²) in [6.45, 7) is -0.0308. The van der Waals surface area contributed by atoms with Crippen molar-refractivity contribution in [3.05, 3.63) is 48.5 Å². The maximum atomic E-state index is 10.5. The molecule has 26 heavy (non-hydrogen) atoms. The van der Waals surface area contributed by atoms with E-state index in [0.29, 0.717) is 17.8 Å². The van der Waals surface area contributed by atoms with E-state index in [4.69, 9.17) is 15.2 Å². The maximum Gasteiger partial charge on any atom is 0.167 e. The molecule has 0 saturated carbocycles. The van der Waals surface area contributed by atoms with Crippen LogP contribution in [-0.4, -0.2) is 54.7 Å². The average Bonchev–Trinajstić information content (AvgIpc) is 3.23. The summed E-state index contributed by atoms with van der Waals surface area (Å²) in [6, 6.07) is 9.61. The monoisotopic (exact) mass is 357 g/mol. The topological polar surface area (TPSA) is 129 Å². The molecule has 1 fully saturated rings. The molecular formula is C17H19N5O4. The third-order valence-electron chi connectivity index (χ3n) is 4.44. The SMILES string of the molecule is Nc1ncnc2c1ncn2C1OC(CO)C(O)C1OCc1ccccc1. The lowest BCUT2D eigenvalue weighted by Crippen LogP contribution is -2.35. The zero-order chi connectivity index (χ0) is 18.1. The van der Waals surface area contributed by atoms with E-state index in [-0.39, 0.29) is 12.4 Å². The van der Waals surface area contributed by atoms with Crippen LogP contribution in [-0.2, 0) is 16.1 Å². The lowest BCUT2D eigenvalue weighted by atomic mass is 10.1. The molecule has 9 heteroatoms. The van der Waals surface area contributed by atoms with E-state index in [1.165, 1.54) is 12.7 Å². The first kappa shape index (κ1) is 16.9. The molecule has 3 heterocycles. The van der Waals surface area contributed by atoms with Crippen LogP contribution in [0.5, 0.6) is 0 Å². The van der Waals surface area contributed by atoms with E-state index in [9.17, 15) is 10.2 Å². The molecule has 9 nitrogen and oxygen atoms in total. The molecule has 4 rings (SSSR count). The molecule has 2 aromatic heterocycles. The van der Waals surface area contributed by atoms with E-state index >= 15 is 0 Å². The van der Waals surface area contributed by atoms with Crippen LogP contribution < -0.4 is 5.73 Å². The van der Waals surface area contributed by atoms with Gasteiger partial charge in [-0.1, -0.05) is 30.3 Å². The Morgan fingerprint density at radius 3 is 2.77 bits per heavy atom. The van der Waals surface area contributed by atoms with Gasteiger partial charge in [0, 0.05) is 0 Å². The number of aliphatic hydroxyl groups is 2. The Labute approximate surface area is 149 Å². The van der Waals surface area contributed by atoms with Gasteiger partial charge < -0.3 is 25.4 Å². The Morgan fingerprint density at radius 1 is 1.19 bits per heavy atom. The average molecular weight is 357 g/mol. The molecule has 4 unspecified atom stereocenters. The van der Waals surface area contributed by atoms with E-state index in [1.54, 1.807) is 4.57 Å². The third kappa shape index (κ3) is 2.90. The Balaban J connectivity index is 1.64. The lowest BCUT2D eigenvalue weighted by Gasteiger charge is -2.22. The Kier molecular flexibility index (Phi) is 4.51. The molecule has 1 saturated heterocycles. The van der Waals surface area contributed by atoms with Gasteiger partial charge in [0.25, 0.3) is 0 Å². The number of aromatic nitrogens is 4. The van der Waals surface area contributed by atoms with Crippen LogP contribution in [0.2, 0.25) is 0 Å². The van der Waals surface area contributed by atoms with Crippen molar-refractivity contribution in [3.8, 4) is 0 Å². The number of nitrogens with zero attached hydrogens (tertiary/aromatic N) is 4. The van der Waals surface area contributed by atoms with Crippen LogP contribution in [0.4, 0.5) is 5.82 Å². The Hall–Kier alpha value is -2.59. The van der Waals surface area contributed by atoms with E-state index in [0.717, 1.165) is 5.56 Å². The van der Waals surface area contributed by atoms with E-state index in [1.807, 2.05) is 30.3 Å². The molecule has 0 radical (unpaired) electrons. The number of rotatable bonds is 5. The summed E-state index contributed by atoms with van der Waals surface area (Å²) in [6.07, 6.45) is -0.315. The highest BCUT2D eigenvalue weighted by molar-refractivity contribution is 5.81. The third-order valence-corrected chi connectivity index (χ3v) is 4.44. The minimum absolute atomic E-state index is 0.257. The van der Waals surface area contributed by atoms with Crippen LogP contribution in [0.3, 0.4) is 0 Å². The second-order valence-electron chi connectivity index (χ2n) is 6.08. The van der Waals surface area contributed by atoms with Crippen molar-refractivity contribution >= 4 is 17.0 Å². The first-order chi connectivity index (χ1) is 12.7. The van der Waals surface area contributed by atoms with Crippen LogP contribution >= 0.6 is 0 Å². The number of ether oxygens (including phenoxy) is 2. The molecule has 0 amide bonds. The van der Waals surface area contributed by atoms with Crippen LogP contribution in [0.15, 0.2) is 43.0 Å². The molecule has 1 aliphatic heterocycles. The summed E-state index contributed by atoms with van der Waals surface area (Å²) in [7, 11) is 0. The fourth-order valence-corrected chi connectivity index (χ4v) is 3.10. The Morgan fingerprint density at radius 2 is 2.00 bits per heavy atom. The fourth-order valence-electron chi connectivity index (χ4n) is 3.10. The highest BCUT2D eigenvalue weighted by Gasteiger charge is 2.45. The second-order valence-corrected chi connectivity index (χ2v) is 6.08. The largest absolute Gasteiger partial charge is 0.394 e. The fraction of sp³-hybridized carbons (Fsp3) is 0.353. The lowest BCUT2D eigenvalue weighted by molar-refractivity contribution is -0.0761. The van der Waals surface area contributed by atoms with Crippen molar-refractivity contribution in [2.45, 2.75) is 31.1 Å². The number of anilines is 1. The molecule has 4 N–H and O–H groups in total. The summed E-state index contributed by atoms with van der Waals surface area (Å²) in [5.74, 6) is 0.257. The molecule has 0 bridgehead atoms. The molecular weight excluding hydrogens is 338 g/mol. The normalized spacial score (nSPS) is 25.8. The van der Waals surface area contributed by atoms with Gasteiger partial charge in [-0.3, -0.25) is 4.57 Å². The first-order valence-electron chi connectivity index (χ1n) is 8.22. The summed E-state index contributed by atoms with van der Waals surface area (Å²) < 4.78 is 13.4. The number of aliphatic hydroxyl groups excluding tert-OH is 2. The molecule has 4 atom stereocenters. The predicted molar refractivity (Wildman–Crippen MR) is 91.8 cm³/mol. The Bertz CT molecular complexity index is 887. The zero-order valence-electron chi connectivity index (χ0n) is 13.8. The number of benzene rings is 1. The molecule has 0 spiro atoms. The van der Waals surface area contributed by atoms with E-state index < -0.39 is 24.5 Å². The number of hydrogen-bond acceptors (Lipinski definition) is 8. The summed E-state index contributed by atoms with van der Waals surface area (Å²) >= 11 is 0. The predicted octanol–water partition coefficient (Wildman–Crippen LogP) is 0.244. The number of imidazole rings is 1. The van der Waals surface area contributed by atoms with Gasteiger partial charge in [0.05, 0.1) is 19.5 Å². The number of hydrogen-bond donors (Lipinski definition) is 3. The number of nitrogen functional groups attached to an aromatic ring is 1. The van der Waals surface area contributed by atoms with Gasteiger partial charge in [-0.15, -0.1) is 0 Å².